The summed E-state index contributed by atoms with van der Waals surface area (Å²) in [7, 11) is 0. The van der Waals surface area contributed by atoms with E-state index in [1.807, 2.05) is 0 Å². The van der Waals surface area contributed by atoms with Crippen molar-refractivity contribution in [1.82, 2.24) is 10.6 Å². The maximum atomic E-state index is 4.22. The highest BCUT2D eigenvalue weighted by Crippen LogP contribution is 2.17. The molecule has 0 amide bonds. The molecule has 0 spiro atoms. The Kier molecular flexibility index (Phi) is 5.84. The van der Waals surface area contributed by atoms with Gasteiger partial charge in [-0.2, -0.15) is 0 Å². The van der Waals surface area contributed by atoms with E-state index in [0.717, 1.165) is 25.1 Å². The first-order chi connectivity index (χ1) is 10.5. The Labute approximate surface area is 135 Å². The number of hydrogen-bond donors (Lipinski definition) is 2. The molecule has 0 bridgehead atoms. The van der Waals surface area contributed by atoms with Crippen LogP contribution >= 0.6 is 0 Å². The van der Waals surface area contributed by atoms with Gasteiger partial charge in [-0.05, 0) is 69.7 Å². The van der Waals surface area contributed by atoms with Crippen LogP contribution in [-0.4, -0.2) is 18.6 Å². The maximum absolute atomic E-state index is 4.22. The van der Waals surface area contributed by atoms with Gasteiger partial charge >= 0.3 is 0 Å². The van der Waals surface area contributed by atoms with E-state index in [2.05, 4.69) is 62.8 Å². The first kappa shape index (κ1) is 16.8. The lowest BCUT2D eigenvalue weighted by Crippen LogP contribution is -2.37. The van der Waals surface area contributed by atoms with Crippen molar-refractivity contribution in [1.29, 1.82) is 0 Å². The zero-order valence-corrected chi connectivity index (χ0v) is 14.3. The van der Waals surface area contributed by atoms with Gasteiger partial charge in [0.1, 0.15) is 0 Å². The topological polar surface area (TPSA) is 24.1 Å². The van der Waals surface area contributed by atoms with Gasteiger partial charge < -0.3 is 10.6 Å². The van der Waals surface area contributed by atoms with Gasteiger partial charge in [0.25, 0.3) is 0 Å². The molecule has 1 aliphatic rings. The molecule has 2 rings (SSSR count). The molecule has 0 aliphatic carbocycles. The first-order valence-corrected chi connectivity index (χ1v) is 8.37. The second kappa shape index (κ2) is 7.64. The van der Waals surface area contributed by atoms with Crippen LogP contribution in [0.2, 0.25) is 0 Å². The van der Waals surface area contributed by atoms with E-state index in [4.69, 9.17) is 0 Å². The predicted octanol–water partition coefficient (Wildman–Crippen LogP) is 4.04. The van der Waals surface area contributed by atoms with Gasteiger partial charge in [0.2, 0.25) is 0 Å². The van der Waals surface area contributed by atoms with Crippen molar-refractivity contribution < 1.29 is 0 Å². The van der Waals surface area contributed by atoms with Crippen molar-refractivity contribution in [3.8, 4) is 0 Å². The van der Waals surface area contributed by atoms with Crippen LogP contribution in [0.25, 0.3) is 0 Å². The summed E-state index contributed by atoms with van der Waals surface area (Å²) in [5, 5.41) is 7.09. The monoisotopic (exact) mass is 298 g/mol. The normalized spacial score (nSPS) is 19.0. The van der Waals surface area contributed by atoms with Gasteiger partial charge in [-0.15, -0.1) is 0 Å². The molecule has 1 fully saturated rings. The van der Waals surface area contributed by atoms with Crippen molar-refractivity contribution >= 4 is 0 Å². The minimum atomic E-state index is 0.302. The van der Waals surface area contributed by atoms with E-state index in [0.29, 0.717) is 12.1 Å². The zero-order chi connectivity index (χ0) is 16.1. The lowest BCUT2D eigenvalue weighted by Gasteiger charge is -2.25. The van der Waals surface area contributed by atoms with Crippen molar-refractivity contribution in [3.63, 3.8) is 0 Å². The van der Waals surface area contributed by atoms with E-state index in [1.54, 1.807) is 0 Å². The molecule has 0 saturated carbocycles. The Bertz CT molecular complexity index is 539. The minimum absolute atomic E-state index is 0.302. The van der Waals surface area contributed by atoms with Crippen LogP contribution in [0.15, 0.2) is 42.6 Å². The van der Waals surface area contributed by atoms with Crippen LogP contribution in [0.5, 0.6) is 0 Å². The molecule has 0 radical (unpaired) electrons. The largest absolute Gasteiger partial charge is 0.381 e. The number of hydrogen-bond acceptors (Lipinski definition) is 2. The maximum Gasteiger partial charge on any atom is 0.0468 e. The molecule has 1 aromatic carbocycles. The Morgan fingerprint density at radius 2 is 2.09 bits per heavy atom. The third kappa shape index (κ3) is 4.48. The summed E-state index contributed by atoms with van der Waals surface area (Å²) in [6.45, 7) is 15.9. The van der Waals surface area contributed by atoms with Crippen LogP contribution in [0, 0.1) is 13.8 Å². The van der Waals surface area contributed by atoms with Crippen LogP contribution < -0.4 is 10.6 Å². The van der Waals surface area contributed by atoms with Crippen molar-refractivity contribution in [2.45, 2.75) is 58.5 Å². The molecule has 2 unspecified atom stereocenters. The zero-order valence-electron chi connectivity index (χ0n) is 14.3. The summed E-state index contributed by atoms with van der Waals surface area (Å²) in [5.74, 6) is 0. The number of aryl methyl sites for hydroxylation is 3. The molecule has 1 heterocycles. The van der Waals surface area contributed by atoms with E-state index in [1.165, 1.54) is 35.1 Å². The average Bonchev–Trinajstić information content (AvgIpc) is 3.00. The fourth-order valence-corrected chi connectivity index (χ4v) is 3.02. The first-order valence-electron chi connectivity index (χ1n) is 8.37. The Morgan fingerprint density at radius 1 is 1.32 bits per heavy atom. The molecule has 2 nitrogen and oxygen atoms in total. The highest BCUT2D eigenvalue weighted by Gasteiger charge is 2.19. The van der Waals surface area contributed by atoms with Gasteiger partial charge in [-0.25, -0.2) is 0 Å². The molecule has 1 aliphatic heterocycles. The Hall–Kier alpha value is -1.54. The third-order valence-electron chi connectivity index (χ3n) is 4.73. The molecular formula is C20H30N2. The average molecular weight is 298 g/mol. The lowest BCUT2D eigenvalue weighted by molar-refractivity contribution is 0.540. The van der Waals surface area contributed by atoms with E-state index in [9.17, 15) is 0 Å². The summed E-state index contributed by atoms with van der Waals surface area (Å²) in [5.41, 5.74) is 6.44. The Balaban J connectivity index is 1.92. The van der Waals surface area contributed by atoms with Crippen molar-refractivity contribution in [2.75, 3.05) is 6.54 Å². The molecule has 2 atom stereocenters. The van der Waals surface area contributed by atoms with Crippen LogP contribution in [0.4, 0.5) is 0 Å². The second-order valence-corrected chi connectivity index (χ2v) is 6.67. The summed E-state index contributed by atoms with van der Waals surface area (Å²) in [6.07, 6.45) is 4.55. The van der Waals surface area contributed by atoms with Crippen LogP contribution in [0.3, 0.4) is 0 Å². The second-order valence-electron chi connectivity index (χ2n) is 6.67. The highest BCUT2D eigenvalue weighted by atomic mass is 15.0. The molecule has 2 heteroatoms. The smallest absolute Gasteiger partial charge is 0.0468 e. The van der Waals surface area contributed by atoms with E-state index >= 15 is 0 Å². The predicted molar refractivity (Wildman–Crippen MR) is 96.1 cm³/mol. The quantitative estimate of drug-likeness (QED) is 0.743. The summed E-state index contributed by atoms with van der Waals surface area (Å²) < 4.78 is 0. The van der Waals surface area contributed by atoms with E-state index < -0.39 is 0 Å². The van der Waals surface area contributed by atoms with Gasteiger partial charge in [-0.3, -0.25) is 0 Å². The van der Waals surface area contributed by atoms with Gasteiger partial charge in [0.15, 0.2) is 0 Å². The third-order valence-corrected chi connectivity index (χ3v) is 4.73. The minimum Gasteiger partial charge on any atom is -0.381 e. The SMILES string of the molecule is C=C(C)C(CCc1ccc(C)c(C)c1)NC(=C)C1CCCN1. The standard InChI is InChI=1S/C20H30N2/c1-14(2)19(22-17(5)20-7-6-12-21-20)11-10-18-9-8-15(3)16(4)13-18/h8-9,13,19-22H,1,5-7,10-12H2,2-4H3. The van der Waals surface area contributed by atoms with Crippen molar-refractivity contribution in [3.05, 3.63) is 59.3 Å². The molecular weight excluding hydrogens is 268 g/mol. The van der Waals surface area contributed by atoms with Crippen LogP contribution in [-0.2, 0) is 6.42 Å². The van der Waals surface area contributed by atoms with Crippen LogP contribution in [0.1, 0.15) is 42.9 Å². The summed E-state index contributed by atoms with van der Waals surface area (Å²) >= 11 is 0. The lowest BCUT2D eigenvalue weighted by atomic mass is 9.97. The number of nitrogens with one attached hydrogen (secondary N) is 2. The fraction of sp³-hybridized carbons (Fsp3) is 0.500. The van der Waals surface area contributed by atoms with Crippen molar-refractivity contribution in [2.24, 2.45) is 0 Å². The molecule has 22 heavy (non-hydrogen) atoms. The van der Waals surface area contributed by atoms with Gasteiger partial charge in [0.05, 0.1) is 0 Å². The molecule has 1 saturated heterocycles. The Morgan fingerprint density at radius 3 is 2.68 bits per heavy atom. The van der Waals surface area contributed by atoms with E-state index in [-0.39, 0.29) is 0 Å². The van der Waals surface area contributed by atoms with Gasteiger partial charge in [-0.1, -0.05) is 36.9 Å². The van der Waals surface area contributed by atoms with Gasteiger partial charge in [0, 0.05) is 17.8 Å². The molecule has 0 aromatic heterocycles. The fourth-order valence-electron chi connectivity index (χ4n) is 3.02. The molecule has 1 aromatic rings. The summed E-state index contributed by atoms with van der Waals surface area (Å²) in [4.78, 5) is 0. The molecule has 2 N–H and O–H groups in total. The summed E-state index contributed by atoms with van der Waals surface area (Å²) in [6, 6.07) is 7.48. The highest BCUT2D eigenvalue weighted by molar-refractivity contribution is 5.30. The number of rotatable bonds is 7. The molecule has 120 valence electrons. The number of benzene rings is 1.